The average molecular weight is 295 g/mol. The van der Waals surface area contributed by atoms with Crippen LogP contribution in [0.2, 0.25) is 0 Å². The standard InChI is InChI=1S/C18H21N3O/c1-13-5-3-6-15(11-13)18-19-9-8-17(20-18)16-7-4-10-21(12-16)14(2)22/h3,5-6,8-9,11,16H,4,7,10,12H2,1-2H3. The van der Waals surface area contributed by atoms with Gasteiger partial charge in [-0.05, 0) is 31.9 Å². The summed E-state index contributed by atoms with van der Waals surface area (Å²) in [5.74, 6) is 1.23. The zero-order valence-corrected chi connectivity index (χ0v) is 13.1. The Kier molecular flexibility index (Phi) is 4.18. The summed E-state index contributed by atoms with van der Waals surface area (Å²) in [6, 6.07) is 10.2. The van der Waals surface area contributed by atoms with Gasteiger partial charge in [0.2, 0.25) is 5.91 Å². The number of carbonyl (C=O) groups excluding carboxylic acids is 1. The lowest BCUT2D eigenvalue weighted by Gasteiger charge is -2.31. The molecule has 3 rings (SSSR count). The van der Waals surface area contributed by atoms with Crippen LogP contribution in [0.15, 0.2) is 36.5 Å². The van der Waals surface area contributed by atoms with Gasteiger partial charge >= 0.3 is 0 Å². The topological polar surface area (TPSA) is 46.1 Å². The van der Waals surface area contributed by atoms with Gasteiger partial charge in [0.05, 0.1) is 0 Å². The van der Waals surface area contributed by atoms with Gasteiger partial charge in [0.1, 0.15) is 0 Å². The molecule has 2 heterocycles. The van der Waals surface area contributed by atoms with Gasteiger partial charge in [-0.2, -0.15) is 0 Å². The van der Waals surface area contributed by atoms with Crippen LogP contribution in [0.5, 0.6) is 0 Å². The van der Waals surface area contributed by atoms with Crippen molar-refractivity contribution in [3.8, 4) is 11.4 Å². The quantitative estimate of drug-likeness (QED) is 0.855. The second kappa shape index (κ2) is 6.26. The molecule has 4 heteroatoms. The van der Waals surface area contributed by atoms with Crippen LogP contribution < -0.4 is 0 Å². The fourth-order valence-electron chi connectivity index (χ4n) is 3.03. The van der Waals surface area contributed by atoms with Crippen LogP contribution in [-0.2, 0) is 4.79 Å². The summed E-state index contributed by atoms with van der Waals surface area (Å²) < 4.78 is 0. The Labute approximate surface area is 131 Å². The maximum absolute atomic E-state index is 11.6. The number of carbonyl (C=O) groups is 1. The number of piperidine rings is 1. The Bertz CT molecular complexity index is 684. The zero-order chi connectivity index (χ0) is 15.5. The number of aromatic nitrogens is 2. The molecule has 1 aliphatic heterocycles. The summed E-state index contributed by atoms with van der Waals surface area (Å²) in [6.07, 6.45) is 3.94. The second-order valence-electron chi connectivity index (χ2n) is 5.98. The minimum Gasteiger partial charge on any atom is -0.342 e. The first-order valence-corrected chi connectivity index (χ1v) is 7.79. The lowest BCUT2D eigenvalue weighted by molar-refractivity contribution is -0.130. The van der Waals surface area contributed by atoms with E-state index < -0.39 is 0 Å². The van der Waals surface area contributed by atoms with Crippen LogP contribution in [-0.4, -0.2) is 33.9 Å². The number of aryl methyl sites for hydroxylation is 1. The van der Waals surface area contributed by atoms with E-state index in [4.69, 9.17) is 4.98 Å². The lowest BCUT2D eigenvalue weighted by atomic mass is 9.94. The van der Waals surface area contributed by atoms with Crippen LogP contribution in [0.4, 0.5) is 0 Å². The molecule has 1 unspecified atom stereocenters. The fourth-order valence-corrected chi connectivity index (χ4v) is 3.03. The molecule has 1 saturated heterocycles. The molecule has 1 aromatic carbocycles. The summed E-state index contributed by atoms with van der Waals surface area (Å²) in [6.45, 7) is 5.33. The molecule has 22 heavy (non-hydrogen) atoms. The van der Waals surface area contributed by atoms with Gasteiger partial charge in [0.25, 0.3) is 0 Å². The minimum absolute atomic E-state index is 0.151. The summed E-state index contributed by atoms with van der Waals surface area (Å²) in [5.41, 5.74) is 3.28. The molecule has 0 bridgehead atoms. The molecule has 0 N–H and O–H groups in total. The molecule has 0 radical (unpaired) electrons. The first kappa shape index (κ1) is 14.7. The number of benzene rings is 1. The van der Waals surface area contributed by atoms with E-state index in [-0.39, 0.29) is 5.91 Å². The van der Waals surface area contributed by atoms with Crippen molar-refractivity contribution in [3.63, 3.8) is 0 Å². The first-order valence-electron chi connectivity index (χ1n) is 7.79. The summed E-state index contributed by atoms with van der Waals surface area (Å²) in [7, 11) is 0. The number of nitrogens with zero attached hydrogens (tertiary/aromatic N) is 3. The van der Waals surface area contributed by atoms with Crippen LogP contribution in [0, 0.1) is 6.92 Å². The Balaban J connectivity index is 1.86. The van der Waals surface area contributed by atoms with E-state index in [1.54, 1.807) is 6.92 Å². The molecule has 2 aromatic rings. The van der Waals surface area contributed by atoms with Crippen molar-refractivity contribution >= 4 is 5.91 Å². The third-order valence-electron chi connectivity index (χ3n) is 4.24. The van der Waals surface area contributed by atoms with Gasteiger partial charge in [0, 0.05) is 43.4 Å². The van der Waals surface area contributed by atoms with E-state index in [9.17, 15) is 4.79 Å². The van der Waals surface area contributed by atoms with Gasteiger partial charge in [0.15, 0.2) is 5.82 Å². The van der Waals surface area contributed by atoms with Crippen molar-refractivity contribution in [2.75, 3.05) is 13.1 Å². The van der Waals surface area contributed by atoms with Crippen molar-refractivity contribution in [2.45, 2.75) is 32.6 Å². The van der Waals surface area contributed by atoms with Gasteiger partial charge in [-0.15, -0.1) is 0 Å². The predicted octanol–water partition coefficient (Wildman–Crippen LogP) is 3.18. The minimum atomic E-state index is 0.151. The second-order valence-corrected chi connectivity index (χ2v) is 5.98. The van der Waals surface area contributed by atoms with E-state index in [1.807, 2.05) is 29.3 Å². The average Bonchev–Trinajstić information content (AvgIpc) is 2.55. The molecule has 1 amide bonds. The Morgan fingerprint density at radius 3 is 2.95 bits per heavy atom. The number of likely N-dealkylation sites (tertiary alicyclic amines) is 1. The van der Waals surface area contributed by atoms with E-state index in [0.717, 1.165) is 43.0 Å². The molecule has 1 aromatic heterocycles. The molecule has 4 nitrogen and oxygen atoms in total. The van der Waals surface area contributed by atoms with E-state index in [0.29, 0.717) is 5.92 Å². The van der Waals surface area contributed by atoms with Gasteiger partial charge in [-0.1, -0.05) is 23.8 Å². The van der Waals surface area contributed by atoms with Gasteiger partial charge < -0.3 is 4.90 Å². The predicted molar refractivity (Wildman–Crippen MR) is 86.4 cm³/mol. The van der Waals surface area contributed by atoms with Gasteiger partial charge in [-0.3, -0.25) is 4.79 Å². The zero-order valence-electron chi connectivity index (χ0n) is 13.1. The van der Waals surface area contributed by atoms with Crippen molar-refractivity contribution in [1.82, 2.24) is 14.9 Å². The summed E-state index contributed by atoms with van der Waals surface area (Å²) in [4.78, 5) is 22.7. The maximum Gasteiger partial charge on any atom is 0.219 e. The molecule has 114 valence electrons. The van der Waals surface area contributed by atoms with Crippen LogP contribution in [0.1, 0.15) is 36.9 Å². The highest BCUT2D eigenvalue weighted by Gasteiger charge is 2.24. The van der Waals surface area contributed by atoms with Crippen LogP contribution in [0.25, 0.3) is 11.4 Å². The molecule has 0 aliphatic carbocycles. The molecule has 1 atom stereocenters. The normalized spacial score (nSPS) is 18.3. The lowest BCUT2D eigenvalue weighted by Crippen LogP contribution is -2.37. The van der Waals surface area contributed by atoms with Crippen molar-refractivity contribution in [3.05, 3.63) is 47.8 Å². The largest absolute Gasteiger partial charge is 0.342 e. The number of amides is 1. The maximum atomic E-state index is 11.6. The Hall–Kier alpha value is -2.23. The third kappa shape index (κ3) is 3.16. The number of hydrogen-bond donors (Lipinski definition) is 0. The Morgan fingerprint density at radius 2 is 2.18 bits per heavy atom. The number of hydrogen-bond acceptors (Lipinski definition) is 3. The monoisotopic (exact) mass is 295 g/mol. The molecule has 0 saturated carbocycles. The SMILES string of the molecule is CC(=O)N1CCCC(c2ccnc(-c3cccc(C)c3)n2)C1. The first-order chi connectivity index (χ1) is 10.6. The third-order valence-corrected chi connectivity index (χ3v) is 4.24. The van der Waals surface area contributed by atoms with E-state index in [1.165, 1.54) is 5.56 Å². The molecule has 1 fully saturated rings. The molecular formula is C18H21N3O. The van der Waals surface area contributed by atoms with Crippen LogP contribution in [0.3, 0.4) is 0 Å². The number of rotatable bonds is 2. The fraction of sp³-hybridized carbons (Fsp3) is 0.389. The van der Waals surface area contributed by atoms with Crippen LogP contribution >= 0.6 is 0 Å². The van der Waals surface area contributed by atoms with E-state index in [2.05, 4.69) is 24.0 Å². The molecular weight excluding hydrogens is 274 g/mol. The van der Waals surface area contributed by atoms with Gasteiger partial charge in [-0.25, -0.2) is 9.97 Å². The van der Waals surface area contributed by atoms with Crippen molar-refractivity contribution in [1.29, 1.82) is 0 Å². The smallest absolute Gasteiger partial charge is 0.219 e. The summed E-state index contributed by atoms with van der Waals surface area (Å²) in [5, 5.41) is 0. The van der Waals surface area contributed by atoms with E-state index >= 15 is 0 Å². The molecule has 0 spiro atoms. The highest BCUT2D eigenvalue weighted by atomic mass is 16.2. The van der Waals surface area contributed by atoms with Crippen molar-refractivity contribution < 1.29 is 4.79 Å². The molecule has 1 aliphatic rings. The van der Waals surface area contributed by atoms with Crippen molar-refractivity contribution in [2.24, 2.45) is 0 Å². The highest BCUT2D eigenvalue weighted by molar-refractivity contribution is 5.73. The summed E-state index contributed by atoms with van der Waals surface area (Å²) >= 11 is 0. The Morgan fingerprint density at radius 1 is 1.32 bits per heavy atom. The highest BCUT2D eigenvalue weighted by Crippen LogP contribution is 2.27.